The summed E-state index contributed by atoms with van der Waals surface area (Å²) in [5.74, 6) is 0. The van der Waals surface area contributed by atoms with Crippen LogP contribution in [0.2, 0.25) is 0 Å². The van der Waals surface area contributed by atoms with Crippen molar-refractivity contribution in [3.63, 3.8) is 0 Å². The lowest BCUT2D eigenvalue weighted by Crippen LogP contribution is -2.15. The predicted molar refractivity (Wildman–Crippen MR) is 509 cm³/mol. The fourth-order valence-electron chi connectivity index (χ4n) is 21.9. The Balaban J connectivity index is 0.499. The van der Waals surface area contributed by atoms with Crippen molar-refractivity contribution >= 4 is 152 Å². The lowest BCUT2D eigenvalue weighted by Gasteiger charge is -2.22. The molecule has 2 heterocycles. The predicted octanol–water partition coefficient (Wildman–Crippen LogP) is 33.3. The quantitative estimate of drug-likeness (QED) is 0.149. The van der Waals surface area contributed by atoms with Crippen LogP contribution < -0.4 is 0 Å². The molecule has 0 saturated heterocycles. The minimum atomic E-state index is -0.270. The lowest BCUT2D eigenvalue weighted by atomic mass is 9.81. The standard InChI is InChI=1S/C118H74O2/c1-117(2)103-55-54-98-97-52-48-80-59-76(45-50-85(80)115(97)120-116(98)114(103)99-53-47-79(64-105(99)117)73-38-40-75-61-82(44-42-71(75)58-73)110-91-27-11-15-31-95(91)112(96-32-16-12-28-92(96)110)88-34-18-22-68-20-6-8-24-84(68)88)77-36-35-69-49-56-107-113(100(69)62-77)102-65-106-101(66-108(102)119-107)86-51-46-78(63-104(86)118(106,3)4)72-37-39-74-60-81(43-41-70(74)57-72)109-89-25-9-13-29-93(89)111(94-30-14-10-26-90(94)109)87-33-17-21-67-19-5-7-23-83(67)87/h5-66H,1-4H3. The lowest BCUT2D eigenvalue weighted by molar-refractivity contribution is 0.654. The molecular weight excluding hydrogens is 1450 g/mol. The van der Waals surface area contributed by atoms with Crippen molar-refractivity contribution in [3.05, 3.63) is 398 Å². The smallest absolute Gasteiger partial charge is 0.143 e. The van der Waals surface area contributed by atoms with Gasteiger partial charge in [-0.15, -0.1) is 0 Å². The summed E-state index contributed by atoms with van der Waals surface area (Å²) in [5, 5.41) is 29.2. The molecule has 22 aromatic carbocycles. The molecule has 2 heteroatoms. The highest BCUT2D eigenvalue weighted by molar-refractivity contribution is 6.27. The van der Waals surface area contributed by atoms with Crippen molar-refractivity contribution in [1.29, 1.82) is 0 Å². The molecule has 0 aliphatic heterocycles. The Morgan fingerprint density at radius 1 is 0.167 bits per heavy atom. The zero-order valence-corrected chi connectivity index (χ0v) is 66.6. The maximum absolute atomic E-state index is 7.28. The number of furan rings is 2. The van der Waals surface area contributed by atoms with Gasteiger partial charge in [0, 0.05) is 43.3 Å². The molecule has 2 nitrogen and oxygen atoms in total. The van der Waals surface area contributed by atoms with Crippen LogP contribution in [0.25, 0.3) is 252 Å². The van der Waals surface area contributed by atoms with Crippen molar-refractivity contribution in [3.8, 4) is 100 Å². The van der Waals surface area contributed by atoms with Crippen molar-refractivity contribution < 1.29 is 8.83 Å². The molecule has 558 valence electrons. The highest BCUT2D eigenvalue weighted by Gasteiger charge is 2.40. The molecule has 0 bridgehead atoms. The van der Waals surface area contributed by atoms with E-state index in [0.717, 1.165) is 65.8 Å². The summed E-state index contributed by atoms with van der Waals surface area (Å²) in [6.45, 7) is 9.54. The molecule has 2 aromatic heterocycles. The van der Waals surface area contributed by atoms with E-state index in [-0.39, 0.29) is 10.8 Å². The van der Waals surface area contributed by atoms with Gasteiger partial charge < -0.3 is 8.83 Å². The Bertz CT molecular complexity index is 8610. The van der Waals surface area contributed by atoms with Crippen LogP contribution in [0.1, 0.15) is 49.9 Å². The largest absolute Gasteiger partial charge is 0.456 e. The summed E-state index contributed by atoms with van der Waals surface area (Å²) in [6.07, 6.45) is 0. The van der Waals surface area contributed by atoms with Crippen LogP contribution >= 0.6 is 0 Å². The van der Waals surface area contributed by atoms with Crippen molar-refractivity contribution in [1.82, 2.24) is 0 Å². The molecule has 26 rings (SSSR count). The molecule has 120 heavy (non-hydrogen) atoms. The summed E-state index contributed by atoms with van der Waals surface area (Å²) < 4.78 is 14.2. The van der Waals surface area contributed by atoms with Crippen molar-refractivity contribution in [2.75, 3.05) is 0 Å². The third-order valence-corrected chi connectivity index (χ3v) is 27.7. The third-order valence-electron chi connectivity index (χ3n) is 27.7. The second-order valence-electron chi connectivity index (χ2n) is 34.8. The molecule has 0 saturated carbocycles. The maximum atomic E-state index is 7.28. The van der Waals surface area contributed by atoms with Gasteiger partial charge in [-0.3, -0.25) is 0 Å². The van der Waals surface area contributed by atoms with Crippen molar-refractivity contribution in [2.24, 2.45) is 0 Å². The molecular formula is C118H74O2. The van der Waals surface area contributed by atoms with Gasteiger partial charge in [-0.05, 0) is 298 Å². The van der Waals surface area contributed by atoms with E-state index in [2.05, 4.69) is 404 Å². The normalized spacial score (nSPS) is 13.5. The van der Waals surface area contributed by atoms with E-state index >= 15 is 0 Å². The maximum Gasteiger partial charge on any atom is 0.143 e. The van der Waals surface area contributed by atoms with Crippen LogP contribution in [-0.2, 0) is 10.8 Å². The Morgan fingerprint density at radius 3 is 1.08 bits per heavy atom. The molecule has 0 unspecified atom stereocenters. The van der Waals surface area contributed by atoms with Crippen LogP contribution in [0, 0.1) is 0 Å². The van der Waals surface area contributed by atoms with E-state index in [0.29, 0.717) is 0 Å². The average Bonchev–Trinajstić information content (AvgIpc) is 1.59. The number of fused-ring (bicyclic) bond motifs is 25. The molecule has 0 atom stereocenters. The van der Waals surface area contributed by atoms with Crippen molar-refractivity contribution in [2.45, 2.75) is 38.5 Å². The van der Waals surface area contributed by atoms with E-state index in [9.17, 15) is 0 Å². The van der Waals surface area contributed by atoms with Gasteiger partial charge in [0.25, 0.3) is 0 Å². The number of rotatable bonds is 7. The topological polar surface area (TPSA) is 26.3 Å². The fourth-order valence-corrected chi connectivity index (χ4v) is 21.9. The summed E-state index contributed by atoms with van der Waals surface area (Å²) in [7, 11) is 0. The summed E-state index contributed by atoms with van der Waals surface area (Å²) in [6, 6.07) is 141. The van der Waals surface area contributed by atoms with Gasteiger partial charge in [0.15, 0.2) is 0 Å². The third kappa shape index (κ3) is 9.62. The average molecular weight is 1520 g/mol. The number of hydrogen-bond acceptors (Lipinski definition) is 2. The van der Waals surface area contributed by atoms with Crippen LogP contribution in [0.15, 0.2) is 385 Å². The first-order valence-corrected chi connectivity index (χ1v) is 42.1. The summed E-state index contributed by atoms with van der Waals surface area (Å²) >= 11 is 0. The first-order chi connectivity index (χ1) is 59.0. The Labute approximate surface area is 692 Å². The Morgan fingerprint density at radius 2 is 0.533 bits per heavy atom. The fraction of sp³-hybridized carbons (Fsp3) is 0.0508. The summed E-state index contributed by atoms with van der Waals surface area (Å²) in [5.41, 5.74) is 30.6. The molecule has 2 aliphatic rings. The first kappa shape index (κ1) is 67.2. The van der Waals surface area contributed by atoms with E-state index in [1.165, 1.54) is 208 Å². The zero-order valence-electron chi connectivity index (χ0n) is 66.6. The van der Waals surface area contributed by atoms with E-state index in [4.69, 9.17) is 8.83 Å². The van der Waals surface area contributed by atoms with Gasteiger partial charge in [-0.1, -0.05) is 325 Å². The molecule has 0 spiro atoms. The van der Waals surface area contributed by atoms with E-state index < -0.39 is 0 Å². The van der Waals surface area contributed by atoms with Crippen LogP contribution in [0.3, 0.4) is 0 Å². The van der Waals surface area contributed by atoms with Gasteiger partial charge in [0.05, 0.1) is 0 Å². The van der Waals surface area contributed by atoms with Gasteiger partial charge in [0.1, 0.15) is 22.3 Å². The van der Waals surface area contributed by atoms with E-state index in [1.807, 2.05) is 0 Å². The van der Waals surface area contributed by atoms with Crippen LogP contribution in [-0.4, -0.2) is 0 Å². The molecule has 24 aromatic rings. The SMILES string of the molecule is CC1(C)c2cc(-c3ccc4cc(-c5c6ccccc6c(-c6cccc7ccccc67)c6ccccc56)ccc4c3)ccc2-c2cc3oc4ccc5ccc(-c6ccc7c(ccc8c9ccc%10c(c9oc78)-c7ccc(-c8ccc9cc(-c%11c%12ccccc%12c(-c%12cccc%13ccccc%12%13)c%12ccccc%11%12)ccc9c8)cc7C%10(C)C)c6)cc5c4c3cc21. The molecule has 0 N–H and O–H groups in total. The highest BCUT2D eigenvalue weighted by Crippen LogP contribution is 2.57. The Hall–Kier alpha value is -15.0. The highest BCUT2D eigenvalue weighted by atomic mass is 16.3. The van der Waals surface area contributed by atoms with Gasteiger partial charge >= 0.3 is 0 Å². The Kier molecular flexibility index (Phi) is 13.9. The first-order valence-electron chi connectivity index (χ1n) is 42.1. The second kappa shape index (κ2) is 24.8. The molecule has 2 aliphatic carbocycles. The number of benzene rings is 22. The zero-order chi connectivity index (χ0) is 79.1. The minimum Gasteiger partial charge on any atom is -0.456 e. The summed E-state index contributed by atoms with van der Waals surface area (Å²) in [4.78, 5) is 0. The van der Waals surface area contributed by atoms with Gasteiger partial charge in [-0.2, -0.15) is 0 Å². The van der Waals surface area contributed by atoms with Crippen LogP contribution in [0.4, 0.5) is 0 Å². The monoisotopic (exact) mass is 1520 g/mol. The minimum absolute atomic E-state index is 0.259. The van der Waals surface area contributed by atoms with Gasteiger partial charge in [0.2, 0.25) is 0 Å². The molecule has 0 radical (unpaired) electrons. The van der Waals surface area contributed by atoms with E-state index in [1.54, 1.807) is 0 Å². The van der Waals surface area contributed by atoms with Crippen LogP contribution in [0.5, 0.6) is 0 Å². The second-order valence-corrected chi connectivity index (χ2v) is 34.8. The van der Waals surface area contributed by atoms with Gasteiger partial charge in [-0.25, -0.2) is 0 Å². The molecule has 0 amide bonds. The number of hydrogen-bond donors (Lipinski definition) is 0. The molecule has 0 fully saturated rings.